The Balaban J connectivity index is 0.904. The van der Waals surface area contributed by atoms with Crippen LogP contribution in [0, 0.1) is 40.4 Å². The molecule has 107 heavy (non-hydrogen) atoms. The first-order valence-corrected chi connectivity index (χ1v) is 37.2. The number of guanidine groups is 1. The number of amides is 8. The Morgan fingerprint density at radius 2 is 1.32 bits per heavy atom. The predicted molar refractivity (Wildman–Crippen MR) is 400 cm³/mol. The lowest BCUT2D eigenvalue weighted by atomic mass is 9.70. The van der Waals surface area contributed by atoms with Crippen molar-refractivity contribution in [3.8, 4) is 17.2 Å². The van der Waals surface area contributed by atoms with Gasteiger partial charge in [0.15, 0.2) is 17.2 Å². The predicted octanol–water partition coefficient (Wildman–Crippen LogP) is 2.56. The molecule has 21 N–H and O–H groups in total. The molecule has 3 saturated heterocycles. The molecular weight excluding hydrogens is 1400 g/mol. The summed E-state index contributed by atoms with van der Waals surface area (Å²) >= 11 is 5.23. The summed E-state index contributed by atoms with van der Waals surface area (Å²) in [7, 11) is 0. The number of phenolic OH excluding ortho intramolecular Hbond substituents is 2. The Kier molecular flexibility index (Phi) is 25.4. The number of benzene rings is 3. The van der Waals surface area contributed by atoms with Gasteiger partial charge in [0.1, 0.15) is 83.0 Å². The van der Waals surface area contributed by atoms with Gasteiger partial charge in [0, 0.05) is 49.3 Å². The van der Waals surface area contributed by atoms with E-state index in [0.717, 1.165) is 0 Å². The summed E-state index contributed by atoms with van der Waals surface area (Å²) in [6.07, 6.45) is 5.93. The number of carboxylic acids is 1. The number of phenols is 2. The maximum Gasteiger partial charge on any atom is 0.326 e. The average Bonchev–Trinajstić information content (AvgIpc) is 1.59. The third kappa shape index (κ3) is 18.7. The number of aliphatic hydroxyl groups excluding tert-OH is 1. The molecule has 12 atom stereocenters. The molecule has 0 radical (unpaired) electrons. The van der Waals surface area contributed by atoms with Gasteiger partial charge in [0.2, 0.25) is 41.4 Å². The van der Waals surface area contributed by atoms with Gasteiger partial charge >= 0.3 is 5.97 Å². The number of carboxylic acid groups (broad SMARTS) is 1. The Hall–Kier alpha value is -10.1. The number of hydrogen-bond donors (Lipinski definition) is 17. The van der Waals surface area contributed by atoms with Crippen LogP contribution in [0.2, 0.25) is 0 Å². The van der Waals surface area contributed by atoms with Crippen LogP contribution in [0.3, 0.4) is 0 Å². The molecule has 3 aromatic rings. The van der Waals surface area contributed by atoms with E-state index < -0.39 is 143 Å². The molecule has 31 nitrogen and oxygen atoms in total. The van der Waals surface area contributed by atoms with E-state index in [1.165, 1.54) is 46.2 Å². The van der Waals surface area contributed by atoms with Crippen LogP contribution in [0.25, 0.3) is 0 Å². The molecule has 8 amide bonds. The Morgan fingerprint density at radius 3 is 1.94 bits per heavy atom. The highest BCUT2D eigenvalue weighted by Gasteiger charge is 2.60. The number of carbonyl (C=O) groups excluding carboxylic acids is 8. The minimum Gasteiger partial charge on any atom is -0.508 e. The summed E-state index contributed by atoms with van der Waals surface area (Å²) in [5.41, 5.74) is 23.4. The van der Waals surface area contributed by atoms with E-state index in [2.05, 4.69) is 47.5 Å². The second-order valence-corrected chi connectivity index (χ2v) is 31.0. The van der Waals surface area contributed by atoms with Crippen LogP contribution in [0.5, 0.6) is 17.2 Å². The van der Waals surface area contributed by atoms with Crippen LogP contribution in [-0.4, -0.2) is 188 Å². The molecule has 4 unspecified atom stereocenters. The first-order valence-electron chi connectivity index (χ1n) is 36.8. The van der Waals surface area contributed by atoms with Gasteiger partial charge in [-0.15, -0.1) is 0 Å². The monoisotopic (exact) mass is 1500 g/mol. The number of rotatable bonds is 27. The molecule has 10 rings (SSSR count). The number of nitrogens with two attached hydrogens (primary N) is 4. The van der Waals surface area contributed by atoms with Gasteiger partial charge in [-0.25, -0.2) is 4.79 Å². The van der Waals surface area contributed by atoms with Crippen molar-refractivity contribution in [2.75, 3.05) is 38.0 Å². The van der Waals surface area contributed by atoms with Gasteiger partial charge in [-0.05, 0) is 197 Å². The quantitative estimate of drug-likeness (QED) is 0.0226. The SMILES string of the molecule is CC(C)C[C@H](NC(=O)[C@@H](NC(=O)[C@H](Cc1ccc(O)cc1)NC(=O)[C@@H]1CCCN1C(=O)[C@H](CCCN=C(N)N)NC(=O)[C@@H](NC(=O)[C@@H]1CCCN1C(=O)[C@@H](NC(=O)C1OC2(c3ccc(O)cc3OC3C=C(O)C=CC32)c2ccc(NC(N)=S)cc21)C1CCNCC1)C1CCC(C(=N)N)CC1)C(C)(C)C)C(=O)O. The number of aliphatic carboxylic acids is 1. The molecule has 0 bridgehead atoms. The third-order valence-electron chi connectivity index (χ3n) is 21.5. The number of nitrogens with zero attached hydrogens (tertiary/aromatic N) is 3. The number of aliphatic imine (C=N–C) groups is 1. The fraction of sp³-hybridized carbons (Fsp3) is 0.547. The third-order valence-corrected chi connectivity index (χ3v) is 21.6. The van der Waals surface area contributed by atoms with Crippen molar-refractivity contribution in [1.29, 1.82) is 5.41 Å². The van der Waals surface area contributed by atoms with Crippen molar-refractivity contribution in [3.05, 3.63) is 107 Å². The summed E-state index contributed by atoms with van der Waals surface area (Å²) in [4.78, 5) is 140. The van der Waals surface area contributed by atoms with Gasteiger partial charge in [0.05, 0.1) is 11.8 Å². The molecule has 7 aliphatic rings. The minimum absolute atomic E-state index is 0.0264. The molecule has 32 heteroatoms. The molecule has 578 valence electrons. The smallest absolute Gasteiger partial charge is 0.326 e. The number of likely N-dealkylation sites (tertiary alicyclic amines) is 2. The minimum atomic E-state index is -1.47. The number of piperidine rings is 1. The van der Waals surface area contributed by atoms with Crippen molar-refractivity contribution in [3.63, 3.8) is 0 Å². The number of nitrogens with one attached hydrogen (secondary N) is 9. The van der Waals surface area contributed by atoms with E-state index in [-0.39, 0.29) is 110 Å². The number of fused-ring (bicyclic) bond motifs is 6. The first-order chi connectivity index (χ1) is 50.8. The Bertz CT molecular complexity index is 3960. The zero-order valence-corrected chi connectivity index (χ0v) is 61.8. The molecule has 3 aromatic carbocycles. The number of amidine groups is 1. The van der Waals surface area contributed by atoms with Gasteiger partial charge in [0.25, 0.3) is 5.91 Å². The second kappa shape index (κ2) is 34.2. The van der Waals surface area contributed by atoms with Crippen LogP contribution < -0.4 is 70.2 Å². The van der Waals surface area contributed by atoms with E-state index in [4.69, 9.17) is 50.0 Å². The highest BCUT2D eigenvalue weighted by atomic mass is 32.1. The van der Waals surface area contributed by atoms with Gasteiger partial charge in [-0.2, -0.15) is 0 Å². The lowest BCUT2D eigenvalue weighted by molar-refractivity contribution is -0.153. The summed E-state index contributed by atoms with van der Waals surface area (Å²) < 4.78 is 13.6. The fourth-order valence-corrected chi connectivity index (χ4v) is 16.2. The zero-order valence-electron chi connectivity index (χ0n) is 60.9. The van der Waals surface area contributed by atoms with E-state index in [9.17, 15) is 39.6 Å². The molecule has 4 fully saturated rings. The number of carbonyl (C=O) groups is 9. The normalized spacial score (nSPS) is 24.1. The highest BCUT2D eigenvalue weighted by molar-refractivity contribution is 7.80. The number of thiocarbonyl (C=S) groups is 1. The fourth-order valence-electron chi connectivity index (χ4n) is 16.1. The summed E-state index contributed by atoms with van der Waals surface area (Å²) in [5, 5.41) is 73.4. The van der Waals surface area contributed by atoms with Crippen LogP contribution in [0.1, 0.15) is 146 Å². The van der Waals surface area contributed by atoms with E-state index >= 15 is 24.0 Å². The molecular formula is C75H102N16O15S. The number of aliphatic hydroxyl groups is 1. The topological polar surface area (TPSA) is 496 Å². The largest absolute Gasteiger partial charge is 0.508 e. The lowest BCUT2D eigenvalue weighted by Crippen LogP contribution is -2.62. The van der Waals surface area contributed by atoms with E-state index in [1.54, 1.807) is 77.1 Å². The molecule has 1 saturated carbocycles. The Labute approximate surface area is 626 Å². The van der Waals surface area contributed by atoms with Crippen LogP contribution in [0.15, 0.2) is 89.6 Å². The maximum atomic E-state index is 15.7. The van der Waals surface area contributed by atoms with Gasteiger partial charge in [-0.3, -0.25) is 48.8 Å². The molecule has 5 heterocycles. The van der Waals surface area contributed by atoms with Crippen molar-refractivity contribution < 1.29 is 73.1 Å². The van der Waals surface area contributed by atoms with Gasteiger partial charge < -0.3 is 105 Å². The summed E-state index contributed by atoms with van der Waals surface area (Å²) in [6, 6.07) is 5.47. The van der Waals surface area contributed by atoms with Crippen molar-refractivity contribution in [2.24, 2.45) is 62.9 Å². The number of hydrogen-bond acceptors (Lipinski definition) is 18. The Morgan fingerprint density at radius 1 is 0.701 bits per heavy atom. The first kappa shape index (κ1) is 79.5. The molecule has 2 aliphatic carbocycles. The number of ether oxygens (including phenoxy) is 2. The van der Waals surface area contributed by atoms with Crippen molar-refractivity contribution >= 4 is 88.0 Å². The van der Waals surface area contributed by atoms with Crippen LogP contribution in [-0.2, 0) is 59.9 Å². The number of aromatic hydroxyl groups is 2. The van der Waals surface area contributed by atoms with Crippen molar-refractivity contribution in [1.82, 2.24) is 47.0 Å². The van der Waals surface area contributed by atoms with Crippen LogP contribution in [0.4, 0.5) is 5.69 Å². The summed E-state index contributed by atoms with van der Waals surface area (Å²) in [6.45, 7) is 9.88. The van der Waals surface area contributed by atoms with Gasteiger partial charge in [-0.1, -0.05) is 58.9 Å². The lowest BCUT2D eigenvalue weighted by Gasteiger charge is -2.46. The number of anilines is 1. The standard InChI is InChI=1S/C75H102N16O15S/c1-38(2)33-53(71(103)104)86-68(100)61(74(3,4)5)89-63(95)52(34-39-12-19-44(92)20-13-39)85-64(96)54-10-7-31-90(54)69(101)51(9-6-28-82-72(78)79)84-66(98)58(40-14-16-42(17-15-40)62(76)77)87-65(97)55-11-8-32-91(55)70(102)59(41-26-29-81-30-27-41)88-67(99)60-47-35-43(83-73(80)107)18-23-48(47)75(106-60)49-24-21-45(93)36-56(49)105-57-37-46(94)22-25-50(57)75/h12-13,18-25,35-38,40-42,49,51-56,58-61,81,92-94H,6-11,14-17,26-34H2,1-5H3,(H3,76,77)(H,84,98)(H,85,96)(H,86,100)(H,87,97)(H,88,99)(H,89,95)(H,103,104)(H4,78,79,82)(H3,80,83,107)/t40?,42?,49?,51-,52-,53-,54-,55-,56?,58-,59-,60?,61+,75?/m0/s1. The molecule has 1 spiro atoms. The van der Waals surface area contributed by atoms with E-state index in [1.807, 2.05) is 0 Å². The zero-order chi connectivity index (χ0) is 77.3. The highest BCUT2D eigenvalue weighted by Crippen LogP contribution is 2.59. The maximum absolute atomic E-state index is 15.7. The number of allylic oxidation sites excluding steroid dienone is 1. The molecule has 0 aromatic heterocycles. The molecule has 5 aliphatic heterocycles. The summed E-state index contributed by atoms with van der Waals surface area (Å²) in [5.74, 6) is -9.23. The van der Waals surface area contributed by atoms with Crippen molar-refractivity contribution in [2.45, 2.75) is 191 Å². The van der Waals surface area contributed by atoms with Crippen LogP contribution >= 0.6 is 12.2 Å². The average molecular weight is 1500 g/mol. The van der Waals surface area contributed by atoms with E-state index in [0.29, 0.717) is 92.4 Å². The second-order valence-electron chi connectivity index (χ2n) is 30.5.